The Morgan fingerprint density at radius 1 is 0.939 bits per heavy atom. The molecule has 0 bridgehead atoms. The molecule has 0 saturated heterocycles. The van der Waals surface area contributed by atoms with E-state index < -0.39 is 10.0 Å². The van der Waals surface area contributed by atoms with Crippen molar-refractivity contribution in [1.82, 2.24) is 10.0 Å². The molecule has 33 heavy (non-hydrogen) atoms. The van der Waals surface area contributed by atoms with Crippen LogP contribution in [0.25, 0.3) is 0 Å². The SMILES string of the molecule is Cc1ccc(S(=O)(=O)NCc2ccc(C(=O)N[C@@H](C)c3ccc4c(c3)OCCO4)cc2)cc1. The van der Waals surface area contributed by atoms with Crippen molar-refractivity contribution in [3.8, 4) is 11.5 Å². The molecule has 0 spiro atoms. The molecule has 0 radical (unpaired) electrons. The van der Waals surface area contributed by atoms with Crippen molar-refractivity contribution in [3.05, 3.63) is 89.0 Å². The zero-order chi connectivity index (χ0) is 23.4. The van der Waals surface area contributed by atoms with E-state index in [1.54, 1.807) is 48.5 Å². The molecule has 0 aromatic heterocycles. The van der Waals surface area contributed by atoms with Gasteiger partial charge in [-0.15, -0.1) is 0 Å². The van der Waals surface area contributed by atoms with Crippen LogP contribution in [0.1, 0.15) is 40.0 Å². The van der Waals surface area contributed by atoms with Crippen molar-refractivity contribution in [2.45, 2.75) is 31.3 Å². The van der Waals surface area contributed by atoms with Gasteiger partial charge < -0.3 is 14.8 Å². The summed E-state index contributed by atoms with van der Waals surface area (Å²) in [6.45, 7) is 4.97. The first-order chi connectivity index (χ1) is 15.8. The Morgan fingerprint density at radius 3 is 2.30 bits per heavy atom. The number of sulfonamides is 1. The summed E-state index contributed by atoms with van der Waals surface area (Å²) in [5.41, 5.74) is 3.15. The van der Waals surface area contributed by atoms with Crippen LogP contribution >= 0.6 is 0 Å². The van der Waals surface area contributed by atoms with Gasteiger partial charge in [-0.2, -0.15) is 0 Å². The van der Waals surface area contributed by atoms with Crippen molar-refractivity contribution >= 4 is 15.9 Å². The highest BCUT2D eigenvalue weighted by Crippen LogP contribution is 2.32. The molecule has 1 atom stereocenters. The average molecular weight is 467 g/mol. The zero-order valence-corrected chi connectivity index (χ0v) is 19.3. The fourth-order valence-electron chi connectivity index (χ4n) is 3.45. The first-order valence-electron chi connectivity index (χ1n) is 10.7. The van der Waals surface area contributed by atoms with Gasteiger partial charge in [0.25, 0.3) is 5.91 Å². The summed E-state index contributed by atoms with van der Waals surface area (Å²) in [6.07, 6.45) is 0. The lowest BCUT2D eigenvalue weighted by atomic mass is 10.1. The second-order valence-electron chi connectivity index (χ2n) is 7.93. The lowest BCUT2D eigenvalue weighted by molar-refractivity contribution is 0.0939. The van der Waals surface area contributed by atoms with Gasteiger partial charge in [0.05, 0.1) is 10.9 Å². The predicted molar refractivity (Wildman–Crippen MR) is 125 cm³/mol. The average Bonchev–Trinajstić information content (AvgIpc) is 2.83. The number of nitrogens with one attached hydrogen (secondary N) is 2. The van der Waals surface area contributed by atoms with Gasteiger partial charge in [-0.1, -0.05) is 35.9 Å². The topological polar surface area (TPSA) is 93.7 Å². The number of amides is 1. The Bertz CT molecular complexity index is 1240. The lowest BCUT2D eigenvalue weighted by Crippen LogP contribution is -2.27. The Balaban J connectivity index is 1.35. The molecule has 4 rings (SSSR count). The standard InChI is InChI=1S/C25H26N2O5S/c1-17-3-10-22(11-4-17)33(29,30)26-16-19-5-7-20(8-6-19)25(28)27-18(2)21-9-12-23-24(15-21)32-14-13-31-23/h3-12,15,18,26H,13-14,16H2,1-2H3,(H,27,28)/t18-/m0/s1. The van der Waals surface area contributed by atoms with Gasteiger partial charge in [-0.25, -0.2) is 13.1 Å². The molecule has 0 fully saturated rings. The summed E-state index contributed by atoms with van der Waals surface area (Å²) in [6, 6.07) is 18.9. The molecule has 3 aromatic rings. The number of benzene rings is 3. The van der Waals surface area contributed by atoms with E-state index in [4.69, 9.17) is 9.47 Å². The van der Waals surface area contributed by atoms with Crippen molar-refractivity contribution in [1.29, 1.82) is 0 Å². The smallest absolute Gasteiger partial charge is 0.251 e. The van der Waals surface area contributed by atoms with E-state index in [1.807, 2.05) is 32.0 Å². The third-order valence-corrected chi connectivity index (χ3v) is 6.84. The maximum atomic E-state index is 12.7. The number of aryl methyl sites for hydroxylation is 1. The number of hydrogen-bond donors (Lipinski definition) is 2. The van der Waals surface area contributed by atoms with Gasteiger partial charge in [0.2, 0.25) is 10.0 Å². The molecule has 8 heteroatoms. The van der Waals surface area contributed by atoms with Crippen molar-refractivity contribution in [2.75, 3.05) is 13.2 Å². The Hall–Kier alpha value is -3.36. The summed E-state index contributed by atoms with van der Waals surface area (Å²) >= 11 is 0. The molecule has 1 heterocycles. The van der Waals surface area contributed by atoms with Gasteiger partial charge in [-0.3, -0.25) is 4.79 Å². The summed E-state index contributed by atoms with van der Waals surface area (Å²) < 4.78 is 38.6. The normalized spacial score (nSPS) is 13.9. The monoisotopic (exact) mass is 466 g/mol. The summed E-state index contributed by atoms with van der Waals surface area (Å²) in [4.78, 5) is 12.9. The van der Waals surface area contributed by atoms with Crippen molar-refractivity contribution in [3.63, 3.8) is 0 Å². The van der Waals surface area contributed by atoms with E-state index in [0.29, 0.717) is 30.3 Å². The molecule has 3 aromatic carbocycles. The van der Waals surface area contributed by atoms with Crippen LogP contribution in [0.3, 0.4) is 0 Å². The van der Waals surface area contributed by atoms with Crippen LogP contribution in [-0.2, 0) is 16.6 Å². The third kappa shape index (κ3) is 5.53. The van der Waals surface area contributed by atoms with Crippen LogP contribution in [-0.4, -0.2) is 27.5 Å². The molecule has 2 N–H and O–H groups in total. The predicted octanol–water partition coefficient (Wildman–Crippen LogP) is 3.74. The molecule has 1 amide bonds. The van der Waals surface area contributed by atoms with E-state index in [2.05, 4.69) is 10.0 Å². The van der Waals surface area contributed by atoms with Gasteiger partial charge in [0.15, 0.2) is 11.5 Å². The molecule has 1 aliphatic rings. The van der Waals surface area contributed by atoms with Crippen LogP contribution in [0.5, 0.6) is 11.5 Å². The fraction of sp³-hybridized carbons (Fsp3) is 0.240. The van der Waals surface area contributed by atoms with Gasteiger partial charge in [0, 0.05) is 12.1 Å². The Kier molecular flexibility index (Phi) is 6.67. The molecule has 0 unspecified atom stereocenters. The van der Waals surface area contributed by atoms with Crippen LogP contribution in [0, 0.1) is 6.92 Å². The maximum Gasteiger partial charge on any atom is 0.251 e. The van der Waals surface area contributed by atoms with Crippen molar-refractivity contribution in [2.24, 2.45) is 0 Å². The molecular weight excluding hydrogens is 440 g/mol. The number of carbonyl (C=O) groups is 1. The minimum atomic E-state index is -3.60. The Labute approximate surface area is 193 Å². The van der Waals surface area contributed by atoms with Gasteiger partial charge in [0.1, 0.15) is 13.2 Å². The minimum Gasteiger partial charge on any atom is -0.486 e. The number of ether oxygens (including phenoxy) is 2. The van der Waals surface area contributed by atoms with E-state index in [9.17, 15) is 13.2 Å². The van der Waals surface area contributed by atoms with E-state index >= 15 is 0 Å². The molecule has 0 saturated carbocycles. The number of hydrogen-bond acceptors (Lipinski definition) is 5. The minimum absolute atomic E-state index is 0.131. The largest absolute Gasteiger partial charge is 0.486 e. The van der Waals surface area contributed by atoms with Gasteiger partial charge in [-0.05, 0) is 61.4 Å². The second-order valence-corrected chi connectivity index (χ2v) is 9.70. The molecule has 172 valence electrons. The van der Waals surface area contributed by atoms with E-state index in [0.717, 1.165) is 16.7 Å². The number of carbonyl (C=O) groups excluding carboxylic acids is 1. The van der Waals surface area contributed by atoms with Crippen molar-refractivity contribution < 1.29 is 22.7 Å². The first kappa shape index (κ1) is 22.8. The van der Waals surface area contributed by atoms with Crippen LogP contribution in [0.2, 0.25) is 0 Å². The highest BCUT2D eigenvalue weighted by molar-refractivity contribution is 7.89. The zero-order valence-electron chi connectivity index (χ0n) is 18.5. The molecule has 7 nitrogen and oxygen atoms in total. The fourth-order valence-corrected chi connectivity index (χ4v) is 4.46. The maximum absolute atomic E-state index is 12.7. The summed E-state index contributed by atoms with van der Waals surface area (Å²) in [7, 11) is -3.60. The third-order valence-electron chi connectivity index (χ3n) is 5.43. The highest BCUT2D eigenvalue weighted by atomic mass is 32.2. The van der Waals surface area contributed by atoms with Gasteiger partial charge >= 0.3 is 0 Å². The quantitative estimate of drug-likeness (QED) is 0.553. The molecule has 0 aliphatic carbocycles. The highest BCUT2D eigenvalue weighted by Gasteiger charge is 2.17. The number of rotatable bonds is 7. The number of fused-ring (bicyclic) bond motifs is 1. The lowest BCUT2D eigenvalue weighted by Gasteiger charge is -2.21. The molecular formula is C25H26N2O5S. The summed E-state index contributed by atoms with van der Waals surface area (Å²) in [5, 5.41) is 2.97. The van der Waals surface area contributed by atoms with E-state index in [-0.39, 0.29) is 23.4 Å². The first-order valence-corrected chi connectivity index (χ1v) is 12.2. The second kappa shape index (κ2) is 9.64. The van der Waals surface area contributed by atoms with Crippen LogP contribution < -0.4 is 19.5 Å². The Morgan fingerprint density at radius 2 is 1.61 bits per heavy atom. The van der Waals surface area contributed by atoms with E-state index in [1.165, 1.54) is 0 Å². The molecule has 1 aliphatic heterocycles. The van der Waals surface area contributed by atoms with Crippen LogP contribution in [0.15, 0.2) is 71.6 Å². The summed E-state index contributed by atoms with van der Waals surface area (Å²) in [5.74, 6) is 1.17. The van der Waals surface area contributed by atoms with Crippen LogP contribution in [0.4, 0.5) is 0 Å².